The third-order valence-electron chi connectivity index (χ3n) is 13.1. The van der Waals surface area contributed by atoms with Crippen molar-refractivity contribution < 1.29 is 87.2 Å². The highest BCUT2D eigenvalue weighted by molar-refractivity contribution is 6.00. The van der Waals surface area contributed by atoms with Crippen LogP contribution in [0.1, 0.15) is 327 Å². The molecule has 11 amide bonds. The molecule has 0 aliphatic carbocycles. The minimum atomic E-state index is -2.02. The zero-order valence-electron chi connectivity index (χ0n) is 47.5. The number of amides is 11. The first-order chi connectivity index (χ1) is 39.2. The molecular formula is C78H179N11O18. The van der Waals surface area contributed by atoms with E-state index in [1.807, 2.05) is 5.32 Å². The highest BCUT2D eigenvalue weighted by atomic mass is 16.5. The summed E-state index contributed by atoms with van der Waals surface area (Å²) in [5.41, 5.74) is 11.0. The van der Waals surface area contributed by atoms with Gasteiger partial charge in [-0.1, -0.05) is 282 Å². The van der Waals surface area contributed by atoms with Gasteiger partial charge >= 0.3 is 17.9 Å². The molecule has 16 N–H and O–H groups in total. The van der Waals surface area contributed by atoms with Gasteiger partial charge in [0.25, 0.3) is 0 Å². The van der Waals surface area contributed by atoms with E-state index in [4.69, 9.17) is 16.2 Å². The lowest BCUT2D eigenvalue weighted by molar-refractivity contribution is -0.157. The molecule has 2 rings (SSSR count). The molecule has 1 heterocycles. The predicted molar refractivity (Wildman–Crippen MR) is 456 cm³/mol. The number of esters is 1. The van der Waals surface area contributed by atoms with Crippen LogP contribution in [0.5, 0.6) is 5.75 Å². The molecule has 1 aliphatic heterocycles. The van der Waals surface area contributed by atoms with Crippen LogP contribution >= 0.6 is 0 Å². The average molecular weight is 1560 g/mol. The van der Waals surface area contributed by atoms with Gasteiger partial charge in [-0.2, -0.15) is 0 Å². The topological polar surface area (TPSA) is 469 Å². The van der Waals surface area contributed by atoms with Crippen molar-refractivity contribution in [2.75, 3.05) is 13.1 Å². The Kier molecular flexibility index (Phi) is 136. The number of phenols is 1. The Hall–Kier alpha value is -8.40. The largest absolute Gasteiger partial charge is 0.508 e. The summed E-state index contributed by atoms with van der Waals surface area (Å²) in [6.45, 7) is 4.37. The molecule has 29 heteroatoms. The van der Waals surface area contributed by atoms with Crippen LogP contribution in [-0.2, 0) is 78.3 Å². The van der Waals surface area contributed by atoms with Gasteiger partial charge < -0.3 is 79.4 Å². The molecule has 1 aromatic carbocycles. The summed E-state index contributed by atoms with van der Waals surface area (Å²) in [5.74, 6) is -18.0. The second-order valence-corrected chi connectivity index (χ2v) is 20.7. The van der Waals surface area contributed by atoms with Gasteiger partial charge in [-0.05, 0) is 43.4 Å². The lowest BCUT2D eigenvalue weighted by Gasteiger charge is -2.30. The second kappa shape index (κ2) is 88.2. The molecule has 1 saturated heterocycles. The van der Waals surface area contributed by atoms with Gasteiger partial charge in [0.15, 0.2) is 0 Å². The van der Waals surface area contributed by atoms with Gasteiger partial charge in [0.05, 0.1) is 32.4 Å². The Balaban J connectivity index is -0.000000140. The van der Waals surface area contributed by atoms with Gasteiger partial charge in [-0.25, -0.2) is 4.79 Å². The standard InChI is InChI=1S/C54H83N11O18.24CH4/c1-5-6-7-8-9-10-11-12-13-14-15-16-17-41(69)64-47-31(4)83-54(82)46(30(2)3)65-52(80)35(24-32-18-20-33(66)21-19-32)59-42(70)28-57-49(77)38(27-45(74)75)63-51(79)36(25-40(56)68)60-43(71)29-58-48(76)37(26-44(72)73)62-50(78)34(61-53(47)81)22-23-39(55)67;;;;;;;;;;;;;;;;;;;;;;;;/h18-21,30-31,34-38,46-47,66H,5-17,22-29H2,1-4H3,(H2,55,67)(H2,56,68)(H,57,77)(H,58,76)(H,59,70)(H,60,71)(H,61,81)(H,62,78)(H,63,79)(H,64,69)(H,65,80)(H,72,73)(H,74,75);24*1H4. The molecule has 8 unspecified atom stereocenters. The molecule has 0 radical (unpaired) electrons. The van der Waals surface area contributed by atoms with E-state index < -0.39 is 182 Å². The SMILES string of the molecule is C.C.C.C.C.C.C.C.C.C.C.C.C.C.C.C.C.C.C.C.C.C.C.C.CCCCCCCCCCCCCCC(=O)NC1C(=O)NC(CCC(N)=O)C(=O)NC(CC(=O)O)C(=O)NCC(=O)NC(CC(N)=O)C(=O)NC(CC(=O)O)C(=O)NCC(=O)NC(Cc2ccc(O)cc2)C(=O)NC(C(C)C)C(=O)OC1C. The highest BCUT2D eigenvalue weighted by Gasteiger charge is 2.38. The van der Waals surface area contributed by atoms with Crippen molar-refractivity contribution in [3.63, 3.8) is 0 Å². The molecule has 0 saturated carbocycles. The number of cyclic esters (lactones) is 1. The fourth-order valence-corrected chi connectivity index (χ4v) is 8.53. The van der Waals surface area contributed by atoms with E-state index in [2.05, 4.69) is 49.5 Å². The van der Waals surface area contributed by atoms with Crippen molar-refractivity contribution in [2.24, 2.45) is 17.4 Å². The van der Waals surface area contributed by atoms with Crippen LogP contribution in [0.3, 0.4) is 0 Å². The monoisotopic (exact) mass is 1560 g/mol. The van der Waals surface area contributed by atoms with Crippen LogP contribution in [0.2, 0.25) is 0 Å². The Morgan fingerprint density at radius 1 is 0.449 bits per heavy atom. The summed E-state index contributed by atoms with van der Waals surface area (Å²) < 4.78 is 5.75. The van der Waals surface area contributed by atoms with Gasteiger partial charge in [0.1, 0.15) is 54.1 Å². The number of aliphatic carboxylic acids is 2. The zero-order chi connectivity index (χ0) is 62.2. The van der Waals surface area contributed by atoms with Gasteiger partial charge in [0.2, 0.25) is 65.0 Å². The van der Waals surface area contributed by atoms with Crippen LogP contribution in [-0.4, -0.2) is 160 Å². The van der Waals surface area contributed by atoms with E-state index in [0.717, 1.165) is 32.1 Å². The van der Waals surface area contributed by atoms with Crippen LogP contribution in [0, 0.1) is 5.92 Å². The number of unbranched alkanes of at least 4 members (excludes halogenated alkanes) is 11. The molecule has 0 aromatic heterocycles. The number of carboxylic acid groups (broad SMARTS) is 2. The quantitative estimate of drug-likeness (QED) is 0.0303. The van der Waals surface area contributed by atoms with E-state index in [1.54, 1.807) is 0 Å². The number of nitrogens with two attached hydrogens (primary N) is 2. The normalized spacial score (nSPS) is 17.3. The summed E-state index contributed by atoms with van der Waals surface area (Å²) >= 11 is 0. The van der Waals surface area contributed by atoms with E-state index in [9.17, 15) is 82.4 Å². The maximum Gasteiger partial charge on any atom is 0.329 e. The van der Waals surface area contributed by atoms with Crippen LogP contribution in [0.15, 0.2) is 24.3 Å². The van der Waals surface area contributed by atoms with E-state index in [0.29, 0.717) is 18.4 Å². The lowest BCUT2D eigenvalue weighted by Crippen LogP contribution is -2.60. The number of benzene rings is 1. The van der Waals surface area contributed by atoms with Crippen molar-refractivity contribution >= 4 is 82.9 Å². The van der Waals surface area contributed by atoms with E-state index in [1.165, 1.54) is 77.1 Å². The summed E-state index contributed by atoms with van der Waals surface area (Å²) in [6, 6.07) is -7.29. The summed E-state index contributed by atoms with van der Waals surface area (Å²) in [5, 5.41) is 49.5. The number of hydrogen-bond donors (Lipinski definition) is 14. The fraction of sp³-hybridized carbons (Fsp3) is 0.744. The van der Waals surface area contributed by atoms with Gasteiger partial charge in [-0.3, -0.25) is 62.3 Å². The maximum atomic E-state index is 14.4. The number of primary amides is 2. The van der Waals surface area contributed by atoms with Crippen LogP contribution in [0.25, 0.3) is 0 Å². The molecule has 8 atom stereocenters. The molecule has 1 aromatic rings. The molecule has 1 fully saturated rings. The summed E-state index contributed by atoms with van der Waals surface area (Å²) in [7, 11) is 0. The Morgan fingerprint density at radius 2 is 0.794 bits per heavy atom. The van der Waals surface area contributed by atoms with Crippen molar-refractivity contribution in [3.05, 3.63) is 29.8 Å². The number of ether oxygens (including phenoxy) is 1. The Bertz CT molecular complexity index is 2440. The minimum Gasteiger partial charge on any atom is -0.508 e. The summed E-state index contributed by atoms with van der Waals surface area (Å²) in [6.07, 6.45) is 5.68. The van der Waals surface area contributed by atoms with Crippen molar-refractivity contribution in [3.8, 4) is 5.75 Å². The Labute approximate surface area is 657 Å². The molecule has 0 spiro atoms. The molecule has 654 valence electrons. The number of carbonyl (C=O) groups is 14. The lowest BCUT2D eigenvalue weighted by atomic mass is 10.0. The number of nitrogens with one attached hydrogen (secondary N) is 9. The molecule has 29 nitrogen and oxygen atoms in total. The van der Waals surface area contributed by atoms with Crippen LogP contribution in [0.4, 0.5) is 0 Å². The highest BCUT2D eigenvalue weighted by Crippen LogP contribution is 2.16. The van der Waals surface area contributed by atoms with Gasteiger partial charge in [0, 0.05) is 19.3 Å². The molecular weight excluding hydrogens is 1380 g/mol. The molecule has 1 aliphatic rings. The van der Waals surface area contributed by atoms with Crippen molar-refractivity contribution in [2.45, 2.75) is 376 Å². The number of hydrogen-bond acceptors (Lipinski definition) is 16. The number of carboxylic acids is 2. The molecule has 107 heavy (non-hydrogen) atoms. The van der Waals surface area contributed by atoms with Gasteiger partial charge in [-0.15, -0.1) is 0 Å². The fourth-order valence-electron chi connectivity index (χ4n) is 8.53. The third-order valence-corrected chi connectivity index (χ3v) is 13.1. The first-order valence-electron chi connectivity index (χ1n) is 27.8. The molecule has 0 bridgehead atoms. The smallest absolute Gasteiger partial charge is 0.329 e. The number of carbonyl (C=O) groups excluding carboxylic acids is 12. The predicted octanol–water partition coefficient (Wildman–Crippen LogP) is 13.6. The first-order valence-corrected chi connectivity index (χ1v) is 27.8. The zero-order valence-corrected chi connectivity index (χ0v) is 47.5. The summed E-state index contributed by atoms with van der Waals surface area (Å²) in [4.78, 5) is 185. The van der Waals surface area contributed by atoms with Crippen molar-refractivity contribution in [1.29, 1.82) is 0 Å². The van der Waals surface area contributed by atoms with Crippen LogP contribution < -0.4 is 59.3 Å². The Morgan fingerprint density at radius 3 is 1.16 bits per heavy atom. The minimum absolute atomic E-state index is 0. The van der Waals surface area contributed by atoms with E-state index >= 15 is 0 Å². The second-order valence-electron chi connectivity index (χ2n) is 20.7. The van der Waals surface area contributed by atoms with Crippen molar-refractivity contribution in [1.82, 2.24) is 47.9 Å². The maximum absolute atomic E-state index is 14.4. The number of rotatable bonds is 26. The third kappa shape index (κ3) is 67.9. The van der Waals surface area contributed by atoms with E-state index in [-0.39, 0.29) is 197 Å². The number of aromatic hydroxyl groups is 1. The average Bonchev–Trinajstić information content (AvgIpc) is 0.851. The number of phenolic OH excluding ortho intramolecular Hbond substituents is 1. The first kappa shape index (κ1) is 164.